The van der Waals surface area contributed by atoms with E-state index in [0.717, 1.165) is 22.6 Å². The van der Waals surface area contributed by atoms with E-state index in [9.17, 15) is 4.79 Å². The van der Waals surface area contributed by atoms with E-state index in [0.29, 0.717) is 22.4 Å². The number of hydrogen-bond donors (Lipinski definition) is 0. The lowest BCUT2D eigenvalue weighted by Gasteiger charge is -2.07. The summed E-state index contributed by atoms with van der Waals surface area (Å²) in [6, 6.07) is 21.2. The van der Waals surface area contributed by atoms with Crippen molar-refractivity contribution in [3.63, 3.8) is 0 Å². The fourth-order valence-electron chi connectivity index (χ4n) is 3.47. The van der Waals surface area contributed by atoms with Crippen LogP contribution in [0.25, 0.3) is 22.6 Å². The van der Waals surface area contributed by atoms with Gasteiger partial charge in [0.25, 0.3) is 5.56 Å². The molecule has 3 aromatic heterocycles. The zero-order valence-corrected chi connectivity index (χ0v) is 18.2. The van der Waals surface area contributed by atoms with E-state index < -0.39 is 0 Å². The van der Waals surface area contributed by atoms with Gasteiger partial charge in [0.15, 0.2) is 5.69 Å². The summed E-state index contributed by atoms with van der Waals surface area (Å²) in [6.07, 6.45) is 0. The van der Waals surface area contributed by atoms with Gasteiger partial charge in [-0.1, -0.05) is 65.4 Å². The summed E-state index contributed by atoms with van der Waals surface area (Å²) in [5.74, 6) is 1.16. The second-order valence-corrected chi connectivity index (χ2v) is 8.06. The van der Waals surface area contributed by atoms with Crippen LogP contribution in [0, 0.1) is 6.92 Å². The number of thioether (sulfide) groups is 1. The van der Waals surface area contributed by atoms with Crippen molar-refractivity contribution in [2.24, 2.45) is 7.05 Å². The van der Waals surface area contributed by atoms with Gasteiger partial charge in [0, 0.05) is 18.7 Å². The molecule has 5 aromatic rings. The Balaban J connectivity index is 1.43. The Morgan fingerprint density at radius 3 is 2.50 bits per heavy atom. The first kappa shape index (κ1) is 20.0. The van der Waals surface area contributed by atoms with Crippen LogP contribution < -0.4 is 5.56 Å². The van der Waals surface area contributed by atoms with Gasteiger partial charge in [0.1, 0.15) is 11.5 Å². The molecule has 10 heteroatoms. The van der Waals surface area contributed by atoms with Gasteiger partial charge >= 0.3 is 0 Å². The summed E-state index contributed by atoms with van der Waals surface area (Å²) in [6.45, 7) is 1.87. The first-order valence-corrected chi connectivity index (χ1v) is 10.9. The molecule has 3 heterocycles. The molecule has 0 spiro atoms. The molecule has 0 atom stereocenters. The maximum absolute atomic E-state index is 13.3. The monoisotopic (exact) mass is 445 g/mol. The van der Waals surface area contributed by atoms with Gasteiger partial charge in [-0.05, 0) is 29.5 Å². The van der Waals surface area contributed by atoms with E-state index >= 15 is 0 Å². The van der Waals surface area contributed by atoms with Gasteiger partial charge in [-0.2, -0.15) is 4.68 Å². The molecular weight excluding hydrogens is 426 g/mol. The molecule has 0 aliphatic heterocycles. The second kappa shape index (κ2) is 8.31. The minimum atomic E-state index is -0.198. The number of rotatable bonds is 6. The molecule has 0 aliphatic rings. The summed E-state index contributed by atoms with van der Waals surface area (Å²) >= 11 is 1.37. The van der Waals surface area contributed by atoms with Crippen LogP contribution in [-0.2, 0) is 12.8 Å². The van der Waals surface area contributed by atoms with Crippen molar-refractivity contribution in [2.75, 3.05) is 0 Å². The molecule has 0 fully saturated rings. The van der Waals surface area contributed by atoms with Crippen molar-refractivity contribution in [3.8, 4) is 22.6 Å². The Labute approximate surface area is 187 Å². The zero-order chi connectivity index (χ0) is 22.1. The average Bonchev–Trinajstić information content (AvgIpc) is 3.53. The van der Waals surface area contributed by atoms with Gasteiger partial charge in [-0.25, -0.2) is 4.68 Å². The fraction of sp³-hybridized carbons (Fsp3) is 0.136. The maximum Gasteiger partial charge on any atom is 0.297 e. The minimum absolute atomic E-state index is 0.198. The van der Waals surface area contributed by atoms with Crippen LogP contribution in [0.4, 0.5) is 0 Å². The van der Waals surface area contributed by atoms with Crippen LogP contribution in [0.5, 0.6) is 0 Å². The number of tetrazole rings is 1. The molecule has 0 saturated carbocycles. The minimum Gasteiger partial charge on any atom is -0.360 e. The number of nitrogens with zero attached hydrogens (tertiary/aromatic N) is 7. The van der Waals surface area contributed by atoms with Crippen molar-refractivity contribution in [3.05, 3.63) is 88.5 Å². The number of benzene rings is 2. The Morgan fingerprint density at radius 1 is 1.03 bits per heavy atom. The Kier molecular flexibility index (Phi) is 5.20. The van der Waals surface area contributed by atoms with E-state index in [1.807, 2.05) is 80.7 Å². The van der Waals surface area contributed by atoms with Crippen molar-refractivity contribution < 1.29 is 4.52 Å². The molecule has 160 valence electrons. The molecular formula is C22H19N7O2S. The van der Waals surface area contributed by atoms with Crippen LogP contribution in [0.3, 0.4) is 0 Å². The van der Waals surface area contributed by atoms with E-state index in [-0.39, 0.29) is 5.56 Å². The summed E-state index contributed by atoms with van der Waals surface area (Å²) in [4.78, 5) is 13.3. The lowest BCUT2D eigenvalue weighted by molar-refractivity contribution is 0.397. The molecule has 0 radical (unpaired) electrons. The third-order valence-electron chi connectivity index (χ3n) is 5.15. The Hall–Kier alpha value is -3.92. The normalized spacial score (nSPS) is 11.2. The highest BCUT2D eigenvalue weighted by molar-refractivity contribution is 7.98. The fourth-order valence-corrected chi connectivity index (χ4v) is 4.22. The lowest BCUT2D eigenvalue weighted by Crippen LogP contribution is -2.22. The number of aromatic nitrogens is 7. The zero-order valence-electron chi connectivity index (χ0n) is 17.4. The van der Waals surface area contributed by atoms with Crippen LogP contribution in [0.15, 0.2) is 81.2 Å². The highest BCUT2D eigenvalue weighted by Crippen LogP contribution is 2.26. The van der Waals surface area contributed by atoms with E-state index in [1.54, 1.807) is 9.36 Å². The molecule has 0 saturated heterocycles. The van der Waals surface area contributed by atoms with Crippen molar-refractivity contribution in [1.82, 2.24) is 34.7 Å². The second-order valence-electron chi connectivity index (χ2n) is 7.12. The highest BCUT2D eigenvalue weighted by atomic mass is 32.2. The van der Waals surface area contributed by atoms with Crippen molar-refractivity contribution >= 4 is 11.8 Å². The summed E-state index contributed by atoms with van der Waals surface area (Å²) < 4.78 is 10.4. The third kappa shape index (κ3) is 3.54. The molecule has 5 rings (SSSR count). The predicted octanol–water partition coefficient (Wildman–Crippen LogP) is 3.41. The Bertz CT molecular complexity index is 1420. The molecule has 0 aliphatic carbocycles. The Morgan fingerprint density at radius 2 is 1.75 bits per heavy atom. The quantitative estimate of drug-likeness (QED) is 0.370. The van der Waals surface area contributed by atoms with Crippen LogP contribution >= 0.6 is 11.8 Å². The van der Waals surface area contributed by atoms with Gasteiger partial charge in [-0.3, -0.25) is 9.48 Å². The third-order valence-corrected chi connectivity index (χ3v) is 6.09. The SMILES string of the molecule is Cc1c(-n2nnnc2SCc2cc(-c3ccccc3)no2)c(=O)n(-c2ccccc2)n1C. The first-order chi connectivity index (χ1) is 15.6. The van der Waals surface area contributed by atoms with Gasteiger partial charge < -0.3 is 4.52 Å². The molecule has 0 N–H and O–H groups in total. The number of para-hydroxylation sites is 1. The molecule has 2 aromatic carbocycles. The molecule has 9 nitrogen and oxygen atoms in total. The van der Waals surface area contributed by atoms with Crippen LogP contribution in [0.1, 0.15) is 11.5 Å². The summed E-state index contributed by atoms with van der Waals surface area (Å²) in [7, 11) is 1.84. The molecule has 0 unspecified atom stereocenters. The van der Waals surface area contributed by atoms with Gasteiger partial charge in [-0.15, -0.1) is 5.10 Å². The standard InChI is InChI=1S/C22H19N7O2S/c1-15-20(21(30)29(27(15)2)17-11-7-4-8-12-17)28-22(23-25-26-28)32-14-18-13-19(24-31-18)16-9-5-3-6-10-16/h3-13H,14H2,1-2H3. The smallest absolute Gasteiger partial charge is 0.297 e. The van der Waals surface area contributed by atoms with E-state index in [4.69, 9.17) is 4.52 Å². The topological polar surface area (TPSA) is 96.6 Å². The van der Waals surface area contributed by atoms with E-state index in [1.165, 1.54) is 16.4 Å². The van der Waals surface area contributed by atoms with Crippen LogP contribution in [-0.4, -0.2) is 34.7 Å². The first-order valence-electron chi connectivity index (χ1n) is 9.90. The maximum atomic E-state index is 13.3. The van der Waals surface area contributed by atoms with Crippen LogP contribution in [0.2, 0.25) is 0 Å². The van der Waals surface area contributed by atoms with Gasteiger partial charge in [0.2, 0.25) is 5.16 Å². The largest absolute Gasteiger partial charge is 0.360 e. The molecule has 0 amide bonds. The van der Waals surface area contributed by atoms with Crippen molar-refractivity contribution in [2.45, 2.75) is 17.8 Å². The predicted molar refractivity (Wildman–Crippen MR) is 120 cm³/mol. The number of hydrogen-bond acceptors (Lipinski definition) is 7. The van der Waals surface area contributed by atoms with Gasteiger partial charge in [0.05, 0.1) is 17.1 Å². The summed E-state index contributed by atoms with van der Waals surface area (Å²) in [5.41, 5.74) is 3.48. The highest BCUT2D eigenvalue weighted by Gasteiger charge is 2.22. The van der Waals surface area contributed by atoms with Crippen molar-refractivity contribution in [1.29, 1.82) is 0 Å². The molecule has 32 heavy (non-hydrogen) atoms. The van der Waals surface area contributed by atoms with E-state index in [2.05, 4.69) is 20.7 Å². The lowest BCUT2D eigenvalue weighted by atomic mass is 10.1. The molecule has 0 bridgehead atoms. The summed E-state index contributed by atoms with van der Waals surface area (Å²) in [5, 5.41) is 16.6. The average molecular weight is 446 g/mol.